The van der Waals surface area contributed by atoms with Gasteiger partial charge in [0.1, 0.15) is 5.75 Å². The molecule has 1 amide bonds. The zero-order valence-corrected chi connectivity index (χ0v) is 20.8. The molecule has 3 aliphatic carbocycles. The normalized spacial score (nSPS) is 28.9. The third-order valence-electron chi connectivity index (χ3n) is 8.22. The number of hydrogen-bond acceptors (Lipinski definition) is 8. The highest BCUT2D eigenvalue weighted by Crippen LogP contribution is 2.52. The Morgan fingerprint density at radius 3 is 2.30 bits per heavy atom. The number of nitrogens with zero attached hydrogens (tertiary/aromatic N) is 1. The second kappa shape index (κ2) is 8.34. The number of aryl methyl sites for hydroxylation is 1. The molecular weight excluding hydrogens is 476 g/mol. The molecule has 4 N–H and O–H groups in total. The molecule has 2 aromatic rings. The molecule has 0 heterocycles. The third kappa shape index (κ3) is 3.44. The van der Waals surface area contributed by atoms with Crippen molar-refractivity contribution < 1.29 is 34.2 Å². The van der Waals surface area contributed by atoms with E-state index in [-0.39, 0.29) is 30.6 Å². The summed E-state index contributed by atoms with van der Waals surface area (Å²) in [5, 5.41) is 22.7. The molecule has 2 saturated carbocycles. The van der Waals surface area contributed by atoms with Gasteiger partial charge in [-0.15, -0.1) is 0 Å². The highest BCUT2D eigenvalue weighted by molar-refractivity contribution is 6.31. The fourth-order valence-electron chi connectivity index (χ4n) is 6.37. The van der Waals surface area contributed by atoms with E-state index < -0.39 is 58.3 Å². The lowest BCUT2D eigenvalue weighted by molar-refractivity contribution is -0.175. The number of primary amides is 1. The van der Waals surface area contributed by atoms with E-state index in [9.17, 15) is 34.2 Å². The minimum absolute atomic E-state index is 0.00999. The maximum Gasteiger partial charge on any atom is 0.235 e. The van der Waals surface area contributed by atoms with Crippen molar-refractivity contribution in [3.63, 3.8) is 0 Å². The third-order valence-corrected chi connectivity index (χ3v) is 8.22. The van der Waals surface area contributed by atoms with Crippen molar-refractivity contribution in [1.29, 1.82) is 0 Å². The number of benzene rings is 2. The number of fused-ring (bicyclic) bond motifs is 3. The number of Topliss-reactive ketones (excluding diaryl/α,β-unsaturated/α-hetero) is 4. The van der Waals surface area contributed by atoms with Crippen LogP contribution in [0.25, 0.3) is 11.1 Å². The second-order valence-electron chi connectivity index (χ2n) is 10.6. The van der Waals surface area contributed by atoms with Gasteiger partial charge in [-0.2, -0.15) is 0 Å². The lowest BCUT2D eigenvalue weighted by Crippen LogP contribution is -2.68. The van der Waals surface area contributed by atoms with Crippen molar-refractivity contribution in [2.45, 2.75) is 31.8 Å². The molecule has 192 valence electrons. The Kier molecular flexibility index (Phi) is 5.60. The summed E-state index contributed by atoms with van der Waals surface area (Å²) in [6.45, 7) is 1.93. The van der Waals surface area contributed by atoms with Gasteiger partial charge in [0.05, 0.1) is 11.5 Å². The number of aromatic hydroxyl groups is 1. The molecule has 0 saturated heterocycles. The minimum Gasteiger partial charge on any atom is -0.507 e. The van der Waals surface area contributed by atoms with Crippen LogP contribution in [0, 0.1) is 30.6 Å². The number of phenolic OH excluding ortho intramolecular Hbond substituents is 1. The first-order chi connectivity index (χ1) is 17.4. The molecule has 0 spiro atoms. The molecule has 0 radical (unpaired) electrons. The summed E-state index contributed by atoms with van der Waals surface area (Å²) in [6, 6.07) is 9.22. The zero-order chi connectivity index (χ0) is 27.0. The van der Waals surface area contributed by atoms with E-state index in [1.54, 1.807) is 6.07 Å². The summed E-state index contributed by atoms with van der Waals surface area (Å²) in [5.41, 5.74) is 5.97. The first-order valence-electron chi connectivity index (χ1n) is 12.2. The molecule has 0 aliphatic heterocycles. The van der Waals surface area contributed by atoms with Gasteiger partial charge in [0.2, 0.25) is 5.91 Å². The van der Waals surface area contributed by atoms with Crippen LogP contribution in [0.5, 0.6) is 5.75 Å². The fourth-order valence-corrected chi connectivity index (χ4v) is 6.37. The number of phenols is 1. The average molecular weight is 505 g/mol. The molecule has 2 fully saturated rings. The molecule has 37 heavy (non-hydrogen) atoms. The number of carbonyl (C=O) groups is 5. The highest BCUT2D eigenvalue weighted by atomic mass is 16.3. The number of nitrogens with two attached hydrogens (primary N) is 1. The summed E-state index contributed by atoms with van der Waals surface area (Å²) in [5.74, 6) is -10.1. The Morgan fingerprint density at radius 2 is 1.70 bits per heavy atom. The number of carbonyl (C=O) groups excluding carboxylic acids is 5. The maximum atomic E-state index is 13.9. The molecular formula is C28H28N2O7. The Labute approximate surface area is 213 Å². The predicted octanol–water partition coefficient (Wildman–Crippen LogP) is 1.37. The van der Waals surface area contributed by atoms with Crippen molar-refractivity contribution in [1.82, 2.24) is 0 Å². The zero-order valence-electron chi connectivity index (χ0n) is 20.8. The van der Waals surface area contributed by atoms with Gasteiger partial charge in [-0.25, -0.2) is 0 Å². The largest absolute Gasteiger partial charge is 0.507 e. The van der Waals surface area contributed by atoms with Gasteiger partial charge in [0.15, 0.2) is 34.7 Å². The lowest BCUT2D eigenvalue weighted by atomic mass is 9.53. The molecule has 9 nitrogen and oxygen atoms in total. The smallest absolute Gasteiger partial charge is 0.235 e. The monoisotopic (exact) mass is 504 g/mol. The molecule has 0 aromatic heterocycles. The fraction of sp³-hybridized carbons (Fsp3) is 0.393. The van der Waals surface area contributed by atoms with Crippen molar-refractivity contribution in [3.8, 4) is 16.9 Å². The molecule has 9 heteroatoms. The summed E-state index contributed by atoms with van der Waals surface area (Å²) in [4.78, 5) is 66.8. The standard InChI is InChI=1S/C28H28N2O7/c1-12-4-6-13(7-5-12)16-11-18(30(2)3)17-9-14-8-15-10-19(31)22(27(29)36)26(35)28(15,37)25(34)20(14)24(33)21(17)23(16)32/h4-7,11,14-15,20,22,32,37H,8-10H2,1-3H3,(H2,29,36)/t14-,15+,20?,22?,28+/m1/s1. The van der Waals surface area contributed by atoms with E-state index in [0.717, 1.165) is 5.56 Å². The van der Waals surface area contributed by atoms with Crippen molar-refractivity contribution in [2.24, 2.45) is 29.4 Å². The van der Waals surface area contributed by atoms with Crippen molar-refractivity contribution >= 4 is 34.7 Å². The van der Waals surface area contributed by atoms with Gasteiger partial charge in [0, 0.05) is 37.7 Å². The van der Waals surface area contributed by atoms with Crippen molar-refractivity contribution in [2.75, 3.05) is 19.0 Å². The van der Waals surface area contributed by atoms with Crippen LogP contribution in [0.1, 0.15) is 34.3 Å². The van der Waals surface area contributed by atoms with E-state index in [2.05, 4.69) is 0 Å². The van der Waals surface area contributed by atoms with Crippen LogP contribution in [0.4, 0.5) is 5.69 Å². The summed E-state index contributed by atoms with van der Waals surface area (Å²) < 4.78 is 0. The first-order valence-corrected chi connectivity index (χ1v) is 12.2. The second-order valence-corrected chi connectivity index (χ2v) is 10.6. The number of ketones is 4. The van der Waals surface area contributed by atoms with Crippen LogP contribution in [0.15, 0.2) is 30.3 Å². The van der Waals surface area contributed by atoms with Crippen LogP contribution in [-0.4, -0.2) is 58.9 Å². The maximum absolute atomic E-state index is 13.9. The van der Waals surface area contributed by atoms with Gasteiger partial charge < -0.3 is 20.8 Å². The molecule has 2 unspecified atom stereocenters. The van der Waals surface area contributed by atoms with Crippen molar-refractivity contribution in [3.05, 3.63) is 47.0 Å². The molecule has 5 rings (SSSR count). The van der Waals surface area contributed by atoms with Gasteiger partial charge in [-0.05, 0) is 42.9 Å². The number of anilines is 1. The Morgan fingerprint density at radius 1 is 1.05 bits per heavy atom. The quantitative estimate of drug-likeness (QED) is 0.530. The number of rotatable bonds is 3. The van der Waals surface area contributed by atoms with Gasteiger partial charge in [-0.1, -0.05) is 29.8 Å². The van der Waals surface area contributed by atoms with E-state index in [1.807, 2.05) is 50.2 Å². The molecule has 5 atom stereocenters. The van der Waals surface area contributed by atoms with E-state index in [0.29, 0.717) is 22.4 Å². The number of amides is 1. The Bertz CT molecular complexity index is 1390. The van der Waals surface area contributed by atoms with Crippen LogP contribution < -0.4 is 10.6 Å². The van der Waals surface area contributed by atoms with Crippen LogP contribution in [0.2, 0.25) is 0 Å². The Balaban J connectivity index is 1.65. The van der Waals surface area contributed by atoms with E-state index in [1.165, 1.54) is 0 Å². The highest BCUT2D eigenvalue weighted by Gasteiger charge is 2.66. The van der Waals surface area contributed by atoms with Crippen LogP contribution in [0.3, 0.4) is 0 Å². The summed E-state index contributed by atoms with van der Waals surface area (Å²) >= 11 is 0. The molecule has 2 aromatic carbocycles. The van der Waals surface area contributed by atoms with Gasteiger partial charge in [-0.3, -0.25) is 24.0 Å². The lowest BCUT2D eigenvalue weighted by Gasteiger charge is -2.48. The average Bonchev–Trinajstić information content (AvgIpc) is 2.82. The van der Waals surface area contributed by atoms with Gasteiger partial charge in [0.25, 0.3) is 0 Å². The number of aliphatic hydroxyl groups is 1. The van der Waals surface area contributed by atoms with Gasteiger partial charge >= 0.3 is 0 Å². The van der Waals surface area contributed by atoms with E-state index in [4.69, 9.17) is 5.73 Å². The molecule has 0 bridgehead atoms. The van der Waals surface area contributed by atoms with Crippen LogP contribution >= 0.6 is 0 Å². The summed E-state index contributed by atoms with van der Waals surface area (Å²) in [6.07, 6.45) is -0.0562. The minimum atomic E-state index is -2.66. The topological polar surface area (TPSA) is 155 Å². The SMILES string of the molecule is Cc1ccc(-c2cc(N(C)C)c3c(c2O)C(=O)C2C(=O)[C@]4(O)C(=O)C(C(N)=O)C(=O)C[C@@H]4C[C@@H]2C3)cc1. The first kappa shape index (κ1) is 24.8. The summed E-state index contributed by atoms with van der Waals surface area (Å²) in [7, 11) is 3.63. The van der Waals surface area contributed by atoms with Crippen LogP contribution in [-0.2, 0) is 25.6 Å². The molecule has 3 aliphatic rings. The number of hydrogen-bond donors (Lipinski definition) is 3. The predicted molar refractivity (Wildman–Crippen MR) is 133 cm³/mol. The van der Waals surface area contributed by atoms with E-state index >= 15 is 0 Å². The Hall–Kier alpha value is -3.85.